The molecule has 2 heterocycles. The molecule has 2 atom stereocenters. The van der Waals surface area contributed by atoms with E-state index in [0.717, 1.165) is 5.56 Å². The van der Waals surface area contributed by atoms with E-state index in [1.54, 1.807) is 28.7 Å². The highest BCUT2D eigenvalue weighted by Gasteiger charge is 2.46. The van der Waals surface area contributed by atoms with Crippen molar-refractivity contribution in [3.05, 3.63) is 29.8 Å². The number of amides is 3. The van der Waals surface area contributed by atoms with E-state index in [1.807, 2.05) is 31.2 Å². The largest absolute Gasteiger partial charge is 0.496 e. The molecular weight excluding hydrogens is 346 g/mol. The van der Waals surface area contributed by atoms with Crippen LogP contribution in [0, 0.1) is 5.92 Å². The summed E-state index contributed by atoms with van der Waals surface area (Å²) in [7, 11) is 1.60. The molecule has 146 valence electrons. The number of carbonyl (C=O) groups excluding carboxylic acids is 3. The molecule has 0 radical (unpaired) electrons. The van der Waals surface area contributed by atoms with Crippen molar-refractivity contribution >= 4 is 17.7 Å². The van der Waals surface area contributed by atoms with Gasteiger partial charge in [-0.25, -0.2) is 0 Å². The summed E-state index contributed by atoms with van der Waals surface area (Å²) in [5.41, 5.74) is 0.869. The predicted molar refractivity (Wildman–Crippen MR) is 100 cm³/mol. The van der Waals surface area contributed by atoms with Crippen LogP contribution in [0.15, 0.2) is 24.3 Å². The highest BCUT2D eigenvalue weighted by molar-refractivity contribution is 5.90. The minimum atomic E-state index is -0.433. The van der Waals surface area contributed by atoms with Gasteiger partial charge in [0.25, 0.3) is 0 Å². The number of nitrogens with zero attached hydrogens (tertiary/aromatic N) is 3. The predicted octanol–water partition coefficient (Wildman–Crippen LogP) is 1.30. The van der Waals surface area contributed by atoms with Crippen LogP contribution in [-0.2, 0) is 14.4 Å². The van der Waals surface area contributed by atoms with Crippen LogP contribution >= 0.6 is 0 Å². The van der Waals surface area contributed by atoms with Gasteiger partial charge in [0.05, 0.1) is 19.1 Å². The molecular formula is C20H27N3O4. The lowest BCUT2D eigenvalue weighted by atomic mass is 9.91. The van der Waals surface area contributed by atoms with Gasteiger partial charge in [-0.2, -0.15) is 0 Å². The van der Waals surface area contributed by atoms with Crippen molar-refractivity contribution in [3.63, 3.8) is 0 Å². The summed E-state index contributed by atoms with van der Waals surface area (Å²) in [6, 6.07) is 7.25. The van der Waals surface area contributed by atoms with Crippen molar-refractivity contribution in [1.29, 1.82) is 0 Å². The molecule has 3 amide bonds. The SMILES string of the molecule is CCN1C(=O)C[C@@H](C(=O)N2CCN(C(C)=O)CC2)[C@@H]1c1ccccc1OC. The highest BCUT2D eigenvalue weighted by Crippen LogP contribution is 2.42. The molecule has 2 aliphatic heterocycles. The van der Waals surface area contributed by atoms with E-state index in [2.05, 4.69) is 0 Å². The summed E-state index contributed by atoms with van der Waals surface area (Å²) in [4.78, 5) is 42.7. The third-order valence-electron chi connectivity index (χ3n) is 5.58. The van der Waals surface area contributed by atoms with Crippen molar-refractivity contribution in [2.45, 2.75) is 26.3 Å². The number of hydrogen-bond acceptors (Lipinski definition) is 4. The number of likely N-dealkylation sites (tertiary alicyclic amines) is 1. The molecule has 7 heteroatoms. The van der Waals surface area contributed by atoms with Gasteiger partial charge in [0.2, 0.25) is 17.7 Å². The van der Waals surface area contributed by atoms with E-state index in [4.69, 9.17) is 4.74 Å². The van der Waals surface area contributed by atoms with E-state index >= 15 is 0 Å². The zero-order chi connectivity index (χ0) is 19.6. The van der Waals surface area contributed by atoms with Crippen molar-refractivity contribution in [2.75, 3.05) is 39.8 Å². The molecule has 0 saturated carbocycles. The maximum atomic E-state index is 13.3. The first-order valence-corrected chi connectivity index (χ1v) is 9.44. The van der Waals surface area contributed by atoms with E-state index in [0.29, 0.717) is 38.5 Å². The Morgan fingerprint density at radius 2 is 1.74 bits per heavy atom. The maximum absolute atomic E-state index is 13.3. The summed E-state index contributed by atoms with van der Waals surface area (Å²) in [5.74, 6) is 0.266. The molecule has 0 bridgehead atoms. The van der Waals surface area contributed by atoms with Gasteiger partial charge in [0.1, 0.15) is 5.75 Å². The number of benzene rings is 1. The molecule has 2 aliphatic rings. The average molecular weight is 373 g/mol. The minimum Gasteiger partial charge on any atom is -0.496 e. The third kappa shape index (κ3) is 3.63. The van der Waals surface area contributed by atoms with Crippen LogP contribution in [-0.4, -0.2) is 72.3 Å². The molecule has 0 aromatic heterocycles. The fraction of sp³-hybridized carbons (Fsp3) is 0.550. The molecule has 2 saturated heterocycles. The normalized spacial score (nSPS) is 22.9. The number of carbonyl (C=O) groups is 3. The van der Waals surface area contributed by atoms with Gasteiger partial charge in [0, 0.05) is 51.6 Å². The zero-order valence-electron chi connectivity index (χ0n) is 16.2. The summed E-state index contributed by atoms with van der Waals surface area (Å²) < 4.78 is 5.49. The van der Waals surface area contributed by atoms with Gasteiger partial charge in [-0.15, -0.1) is 0 Å². The highest BCUT2D eigenvalue weighted by atomic mass is 16.5. The number of rotatable bonds is 4. The average Bonchev–Trinajstić information content (AvgIpc) is 3.03. The molecule has 1 aromatic rings. The first-order valence-electron chi connectivity index (χ1n) is 9.44. The van der Waals surface area contributed by atoms with Gasteiger partial charge >= 0.3 is 0 Å². The smallest absolute Gasteiger partial charge is 0.228 e. The number of piperazine rings is 1. The lowest BCUT2D eigenvalue weighted by molar-refractivity contribution is -0.142. The van der Waals surface area contributed by atoms with Gasteiger partial charge in [0.15, 0.2) is 0 Å². The Labute approximate surface area is 159 Å². The van der Waals surface area contributed by atoms with Crippen molar-refractivity contribution in [2.24, 2.45) is 5.92 Å². The van der Waals surface area contributed by atoms with Crippen molar-refractivity contribution in [1.82, 2.24) is 14.7 Å². The van der Waals surface area contributed by atoms with Gasteiger partial charge in [-0.05, 0) is 13.0 Å². The Balaban J connectivity index is 1.85. The molecule has 2 fully saturated rings. The van der Waals surface area contributed by atoms with E-state index < -0.39 is 5.92 Å². The number of hydrogen-bond donors (Lipinski definition) is 0. The molecule has 0 N–H and O–H groups in total. The van der Waals surface area contributed by atoms with Gasteiger partial charge < -0.3 is 19.4 Å². The monoisotopic (exact) mass is 373 g/mol. The summed E-state index contributed by atoms with van der Waals surface area (Å²) in [6.45, 7) is 6.12. The van der Waals surface area contributed by atoms with Crippen LogP contribution in [0.4, 0.5) is 0 Å². The van der Waals surface area contributed by atoms with E-state index in [1.165, 1.54) is 0 Å². The molecule has 1 aromatic carbocycles. The minimum absolute atomic E-state index is 0.00544. The first kappa shape index (κ1) is 19.2. The van der Waals surface area contributed by atoms with Crippen molar-refractivity contribution in [3.8, 4) is 5.75 Å². The number of ether oxygens (including phenoxy) is 1. The van der Waals surface area contributed by atoms with Crippen LogP contribution in [0.1, 0.15) is 31.9 Å². The van der Waals surface area contributed by atoms with Crippen LogP contribution in [0.3, 0.4) is 0 Å². The quantitative estimate of drug-likeness (QED) is 0.798. The zero-order valence-corrected chi connectivity index (χ0v) is 16.2. The Bertz CT molecular complexity index is 728. The molecule has 0 spiro atoms. The fourth-order valence-corrected chi connectivity index (χ4v) is 4.16. The Hall–Kier alpha value is -2.57. The second-order valence-electron chi connectivity index (χ2n) is 7.01. The van der Waals surface area contributed by atoms with E-state index in [9.17, 15) is 14.4 Å². The van der Waals surface area contributed by atoms with Gasteiger partial charge in [-0.3, -0.25) is 14.4 Å². The Kier molecular flexibility index (Phi) is 5.68. The standard InChI is InChI=1S/C20H27N3O4/c1-4-23-18(25)13-16(19(23)15-7-5-6-8-17(15)27-3)20(26)22-11-9-21(10-12-22)14(2)24/h5-8,16,19H,4,9-13H2,1-3H3/t16-,19+/m1/s1. The van der Waals surface area contributed by atoms with Crippen LogP contribution in [0.25, 0.3) is 0 Å². The number of para-hydroxylation sites is 1. The summed E-state index contributed by atoms with van der Waals surface area (Å²) >= 11 is 0. The summed E-state index contributed by atoms with van der Waals surface area (Å²) in [6.07, 6.45) is 0.211. The maximum Gasteiger partial charge on any atom is 0.228 e. The lowest BCUT2D eigenvalue weighted by Crippen LogP contribution is -2.52. The molecule has 7 nitrogen and oxygen atoms in total. The summed E-state index contributed by atoms with van der Waals surface area (Å²) in [5, 5.41) is 0. The van der Waals surface area contributed by atoms with Crippen LogP contribution in [0.5, 0.6) is 5.75 Å². The third-order valence-corrected chi connectivity index (χ3v) is 5.58. The molecule has 0 unspecified atom stereocenters. The molecule has 27 heavy (non-hydrogen) atoms. The van der Waals surface area contributed by atoms with Crippen molar-refractivity contribution < 1.29 is 19.1 Å². The second kappa shape index (κ2) is 7.98. The van der Waals surface area contributed by atoms with Crippen LogP contribution < -0.4 is 4.74 Å². The Morgan fingerprint density at radius 1 is 1.11 bits per heavy atom. The molecule has 0 aliphatic carbocycles. The topological polar surface area (TPSA) is 70.2 Å². The second-order valence-corrected chi connectivity index (χ2v) is 7.01. The molecule has 3 rings (SSSR count). The van der Waals surface area contributed by atoms with Crippen LogP contribution in [0.2, 0.25) is 0 Å². The Morgan fingerprint density at radius 3 is 2.33 bits per heavy atom. The fourth-order valence-electron chi connectivity index (χ4n) is 4.16. The first-order chi connectivity index (χ1) is 13.0. The number of methoxy groups -OCH3 is 1. The van der Waals surface area contributed by atoms with E-state index in [-0.39, 0.29) is 30.2 Å². The van der Waals surface area contributed by atoms with Gasteiger partial charge in [-0.1, -0.05) is 18.2 Å². The lowest BCUT2D eigenvalue weighted by Gasteiger charge is -2.37.